The topological polar surface area (TPSA) is 82.7 Å². The number of hydrogen-bond acceptors (Lipinski definition) is 4. The molecule has 96 valence electrons. The fourth-order valence-electron chi connectivity index (χ4n) is 1.74. The summed E-state index contributed by atoms with van der Waals surface area (Å²) >= 11 is 0. The highest BCUT2D eigenvalue weighted by molar-refractivity contribution is 5.91. The van der Waals surface area contributed by atoms with Gasteiger partial charge >= 0.3 is 5.97 Å². The first kappa shape index (κ1) is 12.6. The van der Waals surface area contributed by atoms with Crippen LogP contribution in [-0.2, 0) is 6.54 Å². The molecule has 0 fully saturated rings. The summed E-state index contributed by atoms with van der Waals surface area (Å²) in [4.78, 5) is 10.8. The van der Waals surface area contributed by atoms with Crippen LogP contribution in [0.5, 0.6) is 0 Å². The molecule has 18 heavy (non-hydrogen) atoms. The minimum atomic E-state index is -1.06. The summed E-state index contributed by atoms with van der Waals surface area (Å²) in [5.74, 6) is -1.11. The predicted octanol–water partition coefficient (Wildman–Crippen LogP) is 1.60. The molecule has 0 saturated heterocycles. The van der Waals surface area contributed by atoms with Crippen LogP contribution in [0.25, 0.3) is 11.0 Å². The molecular formula is C13H15NO4. The molecule has 0 amide bonds. The number of aromatic carboxylic acids is 1. The van der Waals surface area contributed by atoms with Crippen molar-refractivity contribution in [3.8, 4) is 0 Å². The molecule has 0 spiro atoms. The van der Waals surface area contributed by atoms with E-state index < -0.39 is 5.97 Å². The smallest absolute Gasteiger partial charge is 0.371 e. The highest BCUT2D eigenvalue weighted by atomic mass is 16.4. The summed E-state index contributed by atoms with van der Waals surface area (Å²) in [7, 11) is 0. The quantitative estimate of drug-likeness (QED) is 0.677. The molecule has 0 aliphatic heterocycles. The minimum absolute atomic E-state index is 0.0459. The first-order valence-electron chi connectivity index (χ1n) is 5.78. The largest absolute Gasteiger partial charge is 0.475 e. The lowest BCUT2D eigenvalue weighted by molar-refractivity contribution is 0.0665. The van der Waals surface area contributed by atoms with Gasteiger partial charge in [0.15, 0.2) is 0 Å². The van der Waals surface area contributed by atoms with Gasteiger partial charge in [-0.25, -0.2) is 4.79 Å². The van der Waals surface area contributed by atoms with Crippen molar-refractivity contribution in [2.75, 3.05) is 13.2 Å². The Morgan fingerprint density at radius 3 is 2.89 bits per heavy atom. The summed E-state index contributed by atoms with van der Waals surface area (Å²) < 4.78 is 5.17. The molecule has 0 saturated carbocycles. The molecule has 0 atom stereocenters. The summed E-state index contributed by atoms with van der Waals surface area (Å²) in [6.45, 7) is 1.61. The Hall–Kier alpha value is -1.85. The van der Waals surface area contributed by atoms with Crippen LogP contribution in [0.4, 0.5) is 0 Å². The first-order valence-corrected chi connectivity index (χ1v) is 5.78. The van der Waals surface area contributed by atoms with Gasteiger partial charge in [0.05, 0.1) is 0 Å². The maximum Gasteiger partial charge on any atom is 0.371 e. The molecule has 0 unspecified atom stereocenters. The summed E-state index contributed by atoms with van der Waals surface area (Å²) in [5, 5.41) is 21.5. The van der Waals surface area contributed by atoms with Gasteiger partial charge in [0, 0.05) is 18.5 Å². The number of carboxylic acids is 1. The molecule has 2 aromatic rings. The van der Waals surface area contributed by atoms with Crippen LogP contribution in [-0.4, -0.2) is 29.3 Å². The Labute approximate surface area is 104 Å². The van der Waals surface area contributed by atoms with E-state index in [0.29, 0.717) is 12.1 Å². The first-order chi connectivity index (χ1) is 8.70. The van der Waals surface area contributed by atoms with Crippen molar-refractivity contribution < 1.29 is 19.4 Å². The minimum Gasteiger partial charge on any atom is -0.475 e. The zero-order valence-corrected chi connectivity index (χ0v) is 9.85. The van der Waals surface area contributed by atoms with E-state index in [2.05, 4.69) is 5.32 Å². The third-order valence-corrected chi connectivity index (χ3v) is 2.63. The molecule has 3 N–H and O–H groups in total. The van der Waals surface area contributed by atoms with E-state index in [-0.39, 0.29) is 12.4 Å². The van der Waals surface area contributed by atoms with Crippen molar-refractivity contribution in [3.05, 3.63) is 35.6 Å². The molecule has 0 aliphatic rings. The van der Waals surface area contributed by atoms with Gasteiger partial charge in [0.25, 0.3) is 0 Å². The standard InChI is InChI=1S/C13H15NO4/c15-5-1-4-14-8-9-2-3-11-10(6-9)7-12(18-11)13(16)17/h2-3,6-7,14-15H,1,4-5,8H2,(H,16,17). The van der Waals surface area contributed by atoms with Crippen molar-refractivity contribution in [1.29, 1.82) is 0 Å². The summed E-state index contributed by atoms with van der Waals surface area (Å²) in [6.07, 6.45) is 0.719. The van der Waals surface area contributed by atoms with E-state index in [1.807, 2.05) is 12.1 Å². The van der Waals surface area contributed by atoms with Crippen LogP contribution in [0.2, 0.25) is 0 Å². The maximum absolute atomic E-state index is 10.8. The van der Waals surface area contributed by atoms with E-state index in [1.165, 1.54) is 6.07 Å². The number of fused-ring (bicyclic) bond motifs is 1. The SMILES string of the molecule is O=C(O)c1cc2cc(CNCCCO)ccc2o1. The normalized spacial score (nSPS) is 10.9. The molecule has 5 heteroatoms. The second kappa shape index (κ2) is 5.66. The lowest BCUT2D eigenvalue weighted by Gasteiger charge is -2.03. The van der Waals surface area contributed by atoms with Crippen LogP contribution in [0, 0.1) is 0 Å². The van der Waals surface area contributed by atoms with Crippen LogP contribution in [0.15, 0.2) is 28.7 Å². The molecule has 0 aliphatic carbocycles. The lowest BCUT2D eigenvalue weighted by Crippen LogP contribution is -2.15. The van der Waals surface area contributed by atoms with Crippen LogP contribution < -0.4 is 5.32 Å². The zero-order chi connectivity index (χ0) is 13.0. The number of carbonyl (C=O) groups is 1. The van der Waals surface area contributed by atoms with Crippen molar-refractivity contribution in [3.63, 3.8) is 0 Å². The van der Waals surface area contributed by atoms with Crippen LogP contribution in [0.3, 0.4) is 0 Å². The average molecular weight is 249 g/mol. The number of aliphatic hydroxyl groups is 1. The second-order valence-corrected chi connectivity index (χ2v) is 4.04. The van der Waals surface area contributed by atoms with E-state index >= 15 is 0 Å². The van der Waals surface area contributed by atoms with E-state index in [1.54, 1.807) is 6.07 Å². The van der Waals surface area contributed by atoms with Gasteiger partial charge in [-0.3, -0.25) is 0 Å². The highest BCUT2D eigenvalue weighted by Gasteiger charge is 2.10. The van der Waals surface area contributed by atoms with Crippen molar-refractivity contribution in [2.45, 2.75) is 13.0 Å². The molecule has 1 aromatic carbocycles. The van der Waals surface area contributed by atoms with Gasteiger partial charge < -0.3 is 19.9 Å². The predicted molar refractivity (Wildman–Crippen MR) is 66.6 cm³/mol. The molecule has 2 rings (SSSR count). The Kier molecular flexibility index (Phi) is 3.96. The number of nitrogens with one attached hydrogen (secondary N) is 1. The van der Waals surface area contributed by atoms with Crippen molar-refractivity contribution in [1.82, 2.24) is 5.32 Å². The third kappa shape index (κ3) is 2.88. The zero-order valence-electron chi connectivity index (χ0n) is 9.85. The van der Waals surface area contributed by atoms with E-state index in [0.717, 1.165) is 23.9 Å². The van der Waals surface area contributed by atoms with E-state index in [4.69, 9.17) is 14.6 Å². The lowest BCUT2D eigenvalue weighted by atomic mass is 10.1. The van der Waals surface area contributed by atoms with Crippen molar-refractivity contribution >= 4 is 16.9 Å². The molecule has 0 bridgehead atoms. The molecule has 1 heterocycles. The Morgan fingerprint density at radius 1 is 1.33 bits per heavy atom. The number of benzene rings is 1. The monoisotopic (exact) mass is 249 g/mol. The maximum atomic E-state index is 10.8. The van der Waals surface area contributed by atoms with Gasteiger partial charge in [0.2, 0.25) is 5.76 Å². The van der Waals surface area contributed by atoms with Crippen molar-refractivity contribution in [2.24, 2.45) is 0 Å². The van der Waals surface area contributed by atoms with E-state index in [9.17, 15) is 4.79 Å². The number of furan rings is 1. The second-order valence-electron chi connectivity index (χ2n) is 4.04. The summed E-state index contributed by atoms with van der Waals surface area (Å²) in [6, 6.07) is 7.08. The fourth-order valence-corrected chi connectivity index (χ4v) is 1.74. The van der Waals surface area contributed by atoms with Gasteiger partial charge in [-0.2, -0.15) is 0 Å². The number of aliphatic hydroxyl groups excluding tert-OH is 1. The average Bonchev–Trinajstić information content (AvgIpc) is 2.78. The third-order valence-electron chi connectivity index (χ3n) is 2.63. The van der Waals surface area contributed by atoms with Crippen LogP contribution in [0.1, 0.15) is 22.5 Å². The Balaban J connectivity index is 2.09. The molecular weight excluding hydrogens is 234 g/mol. The Bertz CT molecular complexity index is 547. The molecule has 0 radical (unpaired) electrons. The summed E-state index contributed by atoms with van der Waals surface area (Å²) in [5.41, 5.74) is 1.63. The number of rotatable bonds is 6. The van der Waals surface area contributed by atoms with Gasteiger partial charge in [-0.1, -0.05) is 6.07 Å². The van der Waals surface area contributed by atoms with Crippen LogP contribution >= 0.6 is 0 Å². The van der Waals surface area contributed by atoms with Gasteiger partial charge in [0.1, 0.15) is 5.58 Å². The molecule has 5 nitrogen and oxygen atoms in total. The fraction of sp³-hybridized carbons (Fsp3) is 0.308. The number of carboxylic acid groups (broad SMARTS) is 1. The molecule has 1 aromatic heterocycles. The van der Waals surface area contributed by atoms with Gasteiger partial charge in [-0.15, -0.1) is 0 Å². The highest BCUT2D eigenvalue weighted by Crippen LogP contribution is 2.20. The van der Waals surface area contributed by atoms with Gasteiger partial charge in [-0.05, 0) is 36.7 Å². The Morgan fingerprint density at radius 2 is 2.17 bits per heavy atom. The number of hydrogen-bond donors (Lipinski definition) is 3.